The van der Waals surface area contributed by atoms with Gasteiger partial charge in [-0.15, -0.1) is 0 Å². The van der Waals surface area contributed by atoms with Gasteiger partial charge in [-0.05, 0) is 6.92 Å². The molecule has 0 aliphatic rings. The fourth-order valence-corrected chi connectivity index (χ4v) is 0.144. The normalized spacial score (nSPS) is 17.2. The summed E-state index contributed by atoms with van der Waals surface area (Å²) in [5.41, 5.74) is 0. The molecule has 0 rings (SSSR count). The number of ether oxygens (including phenoxy) is 1. The van der Waals surface area contributed by atoms with Gasteiger partial charge in [0.05, 0.1) is 6.61 Å². The Morgan fingerprint density at radius 3 is 3.00 bits per heavy atom. The smallest absolute Gasteiger partial charge is 0.177 e. The van der Waals surface area contributed by atoms with Crippen LogP contribution in [0.15, 0.2) is 0 Å². The summed E-state index contributed by atoms with van der Waals surface area (Å²) in [5.74, 6) is -0.634. The van der Waals surface area contributed by atoms with Crippen LogP contribution in [0.1, 0.15) is 17.9 Å². The Kier molecular flexibility index (Phi) is 0.879. The predicted octanol–water partition coefficient (Wildman–Crippen LogP) is 1.02. The molecular formula is C4H9NO. The van der Waals surface area contributed by atoms with Gasteiger partial charge < -0.3 is 4.74 Å². The highest BCUT2D eigenvalue weighted by atomic mass is 16.5. The topological polar surface area (TPSA) is 33.1 Å². The molecule has 1 N–H and O–H groups in total. The molecule has 0 atom stereocenters. The van der Waals surface area contributed by atoms with Crippen LogP contribution in [0.4, 0.5) is 0 Å². The van der Waals surface area contributed by atoms with Crippen LogP contribution in [0.25, 0.3) is 0 Å². The second-order valence-corrected chi connectivity index (χ2v) is 0.762. The Labute approximate surface area is 41.8 Å². The van der Waals surface area contributed by atoms with Gasteiger partial charge in [0.2, 0.25) is 0 Å². The second kappa shape index (κ2) is 2.69. The summed E-state index contributed by atoms with van der Waals surface area (Å²) in [6, 6.07) is 0. The van der Waals surface area contributed by atoms with Gasteiger partial charge in [0.25, 0.3) is 0 Å². The first kappa shape index (κ1) is 1.96. The van der Waals surface area contributed by atoms with Crippen LogP contribution in [0.5, 0.6) is 0 Å². The number of nitrogens with one attached hydrogen (secondary N) is 1. The zero-order valence-corrected chi connectivity index (χ0v) is 3.62. The van der Waals surface area contributed by atoms with Crippen molar-refractivity contribution in [3.63, 3.8) is 0 Å². The third kappa shape index (κ3) is 3.47. The standard InChI is InChI=1S/C4H9NO/c1-3-6-4(2)5/h5H,3H2,1-2H3/i2D3. The monoisotopic (exact) mass is 90.1 g/mol. The molecule has 0 aliphatic heterocycles. The fraction of sp³-hybridized carbons (Fsp3) is 0.750. The molecule has 0 heterocycles. The summed E-state index contributed by atoms with van der Waals surface area (Å²) < 4.78 is 24.3. The first-order valence-electron chi connectivity index (χ1n) is 3.20. The van der Waals surface area contributed by atoms with Crippen molar-refractivity contribution in [2.75, 3.05) is 6.61 Å². The Morgan fingerprint density at radius 1 is 2.17 bits per heavy atom. The maximum atomic E-state index is 6.76. The lowest BCUT2D eigenvalue weighted by Crippen LogP contribution is -1.94. The van der Waals surface area contributed by atoms with Crippen molar-refractivity contribution >= 4 is 5.90 Å². The lowest BCUT2D eigenvalue weighted by molar-refractivity contribution is 0.321. The van der Waals surface area contributed by atoms with Gasteiger partial charge in [0, 0.05) is 11.0 Å². The highest BCUT2D eigenvalue weighted by Gasteiger charge is 1.75. The molecule has 0 aromatic rings. The average Bonchev–Trinajstić information content (AvgIpc) is 1.64. The third-order valence-corrected chi connectivity index (χ3v) is 0.289. The second-order valence-electron chi connectivity index (χ2n) is 0.762. The molecule has 0 fully saturated rings. The van der Waals surface area contributed by atoms with Crippen molar-refractivity contribution in [3.8, 4) is 0 Å². The molecule has 0 saturated heterocycles. The third-order valence-electron chi connectivity index (χ3n) is 0.289. The minimum atomic E-state index is -2.38. The number of hydrogen-bond donors (Lipinski definition) is 1. The SMILES string of the molecule is [2H]C([2H])([2H])C(=N)OCC. The first-order chi connectivity index (χ1) is 3.98. The lowest BCUT2D eigenvalue weighted by atomic mass is 10.7. The molecule has 0 aromatic heterocycles. The minimum absolute atomic E-state index is 0.233. The fourth-order valence-electron chi connectivity index (χ4n) is 0.144. The van der Waals surface area contributed by atoms with Crippen LogP contribution in [0.3, 0.4) is 0 Å². The van der Waals surface area contributed by atoms with Crippen molar-refractivity contribution in [3.05, 3.63) is 0 Å². The van der Waals surface area contributed by atoms with E-state index in [4.69, 9.17) is 9.52 Å². The van der Waals surface area contributed by atoms with Gasteiger partial charge >= 0.3 is 0 Å². The number of hydrogen-bond acceptors (Lipinski definition) is 2. The summed E-state index contributed by atoms with van der Waals surface area (Å²) in [5, 5.41) is 6.76. The van der Waals surface area contributed by atoms with Gasteiger partial charge in [0.1, 0.15) is 0 Å². The maximum absolute atomic E-state index is 6.76. The molecule has 0 saturated carbocycles. The highest BCUT2D eigenvalue weighted by Crippen LogP contribution is 1.70. The van der Waals surface area contributed by atoms with Gasteiger partial charge in [-0.3, -0.25) is 5.41 Å². The molecule has 2 nitrogen and oxygen atoms in total. The minimum Gasteiger partial charge on any atom is -0.482 e. The molecule has 36 valence electrons. The van der Waals surface area contributed by atoms with E-state index in [-0.39, 0.29) is 6.61 Å². The van der Waals surface area contributed by atoms with E-state index in [2.05, 4.69) is 4.74 Å². The van der Waals surface area contributed by atoms with E-state index in [1.807, 2.05) is 0 Å². The van der Waals surface area contributed by atoms with Gasteiger partial charge in [0.15, 0.2) is 5.90 Å². The average molecular weight is 90.1 g/mol. The zero-order valence-electron chi connectivity index (χ0n) is 6.62. The molecule has 6 heavy (non-hydrogen) atoms. The predicted molar refractivity (Wildman–Crippen MR) is 25.0 cm³/mol. The summed E-state index contributed by atoms with van der Waals surface area (Å²) in [6.45, 7) is -0.506. The lowest BCUT2D eigenvalue weighted by Gasteiger charge is -1.93. The molecule has 0 radical (unpaired) electrons. The molecular weight excluding hydrogens is 78.0 g/mol. The summed E-state index contributed by atoms with van der Waals surface area (Å²) in [6.07, 6.45) is 0. The van der Waals surface area contributed by atoms with E-state index >= 15 is 0 Å². The van der Waals surface area contributed by atoms with Crippen molar-refractivity contribution in [1.82, 2.24) is 0 Å². The molecule has 0 bridgehead atoms. The highest BCUT2D eigenvalue weighted by molar-refractivity contribution is 5.69. The summed E-state index contributed by atoms with van der Waals surface area (Å²) in [7, 11) is 0. The van der Waals surface area contributed by atoms with E-state index in [1.54, 1.807) is 6.92 Å². The van der Waals surface area contributed by atoms with Gasteiger partial charge in [-0.1, -0.05) is 0 Å². The summed E-state index contributed by atoms with van der Waals surface area (Å²) in [4.78, 5) is 0. The van der Waals surface area contributed by atoms with Crippen LogP contribution >= 0.6 is 0 Å². The van der Waals surface area contributed by atoms with Crippen molar-refractivity contribution in [2.45, 2.75) is 13.8 Å². The van der Waals surface area contributed by atoms with Crippen molar-refractivity contribution in [2.24, 2.45) is 0 Å². The Bertz CT molecular complexity index is 109. The first-order valence-corrected chi connectivity index (χ1v) is 1.70. The van der Waals surface area contributed by atoms with Crippen molar-refractivity contribution < 1.29 is 8.85 Å². The van der Waals surface area contributed by atoms with Gasteiger partial charge in [-0.2, -0.15) is 0 Å². The Hall–Kier alpha value is -0.530. The van der Waals surface area contributed by atoms with E-state index in [0.29, 0.717) is 0 Å². The molecule has 0 amide bonds. The van der Waals surface area contributed by atoms with Crippen LogP contribution in [0.2, 0.25) is 0 Å². The Morgan fingerprint density at radius 2 is 2.83 bits per heavy atom. The van der Waals surface area contributed by atoms with Crippen molar-refractivity contribution in [1.29, 1.82) is 5.41 Å². The Balaban J connectivity index is 3.74. The molecule has 0 aromatic carbocycles. The zero-order chi connectivity index (χ0) is 7.49. The van der Waals surface area contributed by atoms with E-state index in [0.717, 1.165) is 0 Å². The van der Waals surface area contributed by atoms with Crippen LogP contribution in [-0.2, 0) is 4.74 Å². The van der Waals surface area contributed by atoms with Crippen LogP contribution in [-0.4, -0.2) is 12.5 Å². The van der Waals surface area contributed by atoms with Gasteiger partial charge in [-0.25, -0.2) is 0 Å². The molecule has 0 aliphatic carbocycles. The molecule has 0 unspecified atom stereocenters. The quantitative estimate of drug-likeness (QED) is 0.378. The maximum Gasteiger partial charge on any atom is 0.177 e. The van der Waals surface area contributed by atoms with E-state index < -0.39 is 12.7 Å². The molecule has 2 heteroatoms. The molecule has 0 spiro atoms. The largest absolute Gasteiger partial charge is 0.482 e. The summed E-state index contributed by atoms with van der Waals surface area (Å²) >= 11 is 0. The number of rotatable bonds is 1. The van der Waals surface area contributed by atoms with Crippen LogP contribution in [0, 0.1) is 5.41 Å². The van der Waals surface area contributed by atoms with E-state index in [9.17, 15) is 0 Å². The van der Waals surface area contributed by atoms with E-state index in [1.165, 1.54) is 0 Å². The van der Waals surface area contributed by atoms with Crippen LogP contribution < -0.4 is 0 Å².